The number of hydrogen-bond acceptors (Lipinski definition) is 5. The number of nitrogens with one attached hydrogen (secondary N) is 1. The Morgan fingerprint density at radius 3 is 1.30 bits per heavy atom. The van der Waals surface area contributed by atoms with Crippen molar-refractivity contribution in [3.05, 3.63) is 60.8 Å². The van der Waals surface area contributed by atoms with Crippen molar-refractivity contribution in [1.82, 2.24) is 5.32 Å². The predicted molar refractivity (Wildman–Crippen MR) is 286 cm³/mol. The molecular formula is C57H108N2O6P+. The number of carbonyl (C=O) groups is 1. The third-order valence-electron chi connectivity index (χ3n) is 12.2. The molecule has 0 aliphatic carbocycles. The number of phosphoric acid groups is 1. The number of rotatable bonds is 50. The summed E-state index contributed by atoms with van der Waals surface area (Å²) in [5, 5.41) is 13.9. The molecule has 0 aliphatic heterocycles. The van der Waals surface area contributed by atoms with Gasteiger partial charge in [0.15, 0.2) is 0 Å². The standard InChI is InChI=1S/C57H107N2O6P/c1-6-8-10-12-14-16-18-20-22-24-26-28-29-31-33-35-37-39-41-43-45-47-49-51-57(61)58-55(54-65-66(62,63)64-53-52-59(3,4)5)56(60)50-48-46-44-42-40-38-36-34-32-30-27-25-23-21-19-17-15-13-11-9-7-2/h18,20,24,26,32,34,40,42,48,50,55-56,60H,6-17,19,21-23,25,27-31,33,35-39,41,43-47,49,51-54H2,1-5H3,(H-,58,61,62,63)/p+1/b20-18-,26-24-,34-32+,42-40+,50-48+. The second kappa shape index (κ2) is 48.2. The Morgan fingerprint density at radius 1 is 0.515 bits per heavy atom. The van der Waals surface area contributed by atoms with Crippen LogP contribution in [0.25, 0.3) is 0 Å². The van der Waals surface area contributed by atoms with Crippen LogP contribution in [0.5, 0.6) is 0 Å². The van der Waals surface area contributed by atoms with Gasteiger partial charge in [0.1, 0.15) is 13.2 Å². The van der Waals surface area contributed by atoms with Gasteiger partial charge in [-0.1, -0.05) is 222 Å². The van der Waals surface area contributed by atoms with Gasteiger partial charge in [0.05, 0.1) is 39.9 Å². The van der Waals surface area contributed by atoms with E-state index < -0.39 is 20.0 Å². The van der Waals surface area contributed by atoms with Crippen LogP contribution in [0.15, 0.2) is 60.8 Å². The molecule has 8 nitrogen and oxygen atoms in total. The van der Waals surface area contributed by atoms with E-state index in [4.69, 9.17) is 9.05 Å². The summed E-state index contributed by atoms with van der Waals surface area (Å²) < 4.78 is 23.7. The predicted octanol–water partition coefficient (Wildman–Crippen LogP) is 16.5. The van der Waals surface area contributed by atoms with E-state index in [2.05, 4.69) is 67.8 Å². The summed E-state index contributed by atoms with van der Waals surface area (Å²) in [7, 11) is 1.54. The minimum Gasteiger partial charge on any atom is -0.387 e. The molecule has 0 rings (SSSR count). The number of carbonyl (C=O) groups excluding carboxylic acids is 1. The zero-order chi connectivity index (χ0) is 48.5. The Labute approximate surface area is 409 Å². The van der Waals surface area contributed by atoms with Crippen molar-refractivity contribution in [2.45, 2.75) is 257 Å². The molecule has 0 aromatic rings. The van der Waals surface area contributed by atoms with Crippen molar-refractivity contribution in [2.24, 2.45) is 0 Å². The number of aliphatic hydroxyl groups is 1. The lowest BCUT2D eigenvalue weighted by Crippen LogP contribution is -2.45. The van der Waals surface area contributed by atoms with Gasteiger partial charge in [0, 0.05) is 6.42 Å². The molecule has 386 valence electrons. The fourth-order valence-electron chi connectivity index (χ4n) is 7.81. The van der Waals surface area contributed by atoms with Gasteiger partial charge in [-0.3, -0.25) is 13.8 Å². The molecule has 0 aromatic carbocycles. The quantitative estimate of drug-likeness (QED) is 0.0243. The summed E-state index contributed by atoms with van der Waals surface area (Å²) in [5.41, 5.74) is 0. The van der Waals surface area contributed by atoms with Crippen LogP contribution < -0.4 is 5.32 Å². The Bertz CT molecular complexity index is 1260. The van der Waals surface area contributed by atoms with Crippen LogP contribution in [0.3, 0.4) is 0 Å². The van der Waals surface area contributed by atoms with Crippen molar-refractivity contribution in [3.63, 3.8) is 0 Å². The molecule has 1 amide bonds. The van der Waals surface area contributed by atoms with Crippen LogP contribution in [-0.2, 0) is 18.4 Å². The number of amides is 1. The van der Waals surface area contributed by atoms with Crippen molar-refractivity contribution >= 4 is 13.7 Å². The van der Waals surface area contributed by atoms with Gasteiger partial charge in [-0.2, -0.15) is 0 Å². The topological polar surface area (TPSA) is 105 Å². The smallest absolute Gasteiger partial charge is 0.387 e. The lowest BCUT2D eigenvalue weighted by Gasteiger charge is -2.25. The van der Waals surface area contributed by atoms with Gasteiger partial charge in [-0.15, -0.1) is 0 Å². The number of phosphoric ester groups is 1. The van der Waals surface area contributed by atoms with E-state index in [1.165, 1.54) is 173 Å². The molecule has 0 saturated heterocycles. The van der Waals surface area contributed by atoms with E-state index in [1.807, 2.05) is 27.2 Å². The summed E-state index contributed by atoms with van der Waals surface area (Å²) in [4.78, 5) is 23.3. The first-order valence-electron chi connectivity index (χ1n) is 27.7. The van der Waals surface area contributed by atoms with E-state index in [0.29, 0.717) is 17.4 Å². The van der Waals surface area contributed by atoms with Crippen LogP contribution in [0.4, 0.5) is 0 Å². The highest BCUT2D eigenvalue weighted by Gasteiger charge is 2.27. The van der Waals surface area contributed by atoms with Crippen molar-refractivity contribution < 1.29 is 32.9 Å². The molecule has 9 heteroatoms. The molecule has 0 spiro atoms. The number of aliphatic hydroxyl groups excluding tert-OH is 1. The highest BCUT2D eigenvalue weighted by atomic mass is 31.2. The summed E-state index contributed by atoms with van der Waals surface area (Å²) in [6.07, 6.45) is 64.6. The van der Waals surface area contributed by atoms with E-state index in [9.17, 15) is 19.4 Å². The second-order valence-corrected chi connectivity index (χ2v) is 21.4. The number of hydrogen-bond donors (Lipinski definition) is 3. The van der Waals surface area contributed by atoms with E-state index >= 15 is 0 Å². The van der Waals surface area contributed by atoms with Gasteiger partial charge in [0.2, 0.25) is 5.91 Å². The summed E-state index contributed by atoms with van der Waals surface area (Å²) in [5.74, 6) is -0.193. The monoisotopic (exact) mass is 948 g/mol. The first-order valence-corrected chi connectivity index (χ1v) is 29.2. The normalized spacial score (nSPS) is 14.5. The van der Waals surface area contributed by atoms with E-state index in [0.717, 1.165) is 51.4 Å². The van der Waals surface area contributed by atoms with Crippen LogP contribution >= 0.6 is 7.82 Å². The molecule has 0 radical (unpaired) electrons. The number of nitrogens with zero attached hydrogens (tertiary/aromatic N) is 1. The van der Waals surface area contributed by atoms with Gasteiger partial charge in [-0.05, 0) is 77.0 Å². The zero-order valence-electron chi connectivity index (χ0n) is 43.9. The van der Waals surface area contributed by atoms with Gasteiger partial charge in [-0.25, -0.2) is 4.57 Å². The van der Waals surface area contributed by atoms with Crippen LogP contribution in [-0.4, -0.2) is 73.4 Å². The van der Waals surface area contributed by atoms with Gasteiger partial charge < -0.3 is 19.8 Å². The summed E-state index contributed by atoms with van der Waals surface area (Å²) in [6.45, 7) is 4.79. The highest BCUT2D eigenvalue weighted by molar-refractivity contribution is 7.47. The molecule has 0 heterocycles. The lowest BCUT2D eigenvalue weighted by atomic mass is 10.0. The molecule has 0 aliphatic rings. The maximum Gasteiger partial charge on any atom is 0.472 e. The highest BCUT2D eigenvalue weighted by Crippen LogP contribution is 2.43. The van der Waals surface area contributed by atoms with Crippen molar-refractivity contribution in [3.8, 4) is 0 Å². The molecule has 0 bridgehead atoms. The van der Waals surface area contributed by atoms with Crippen LogP contribution in [0.1, 0.15) is 245 Å². The third-order valence-corrected chi connectivity index (χ3v) is 13.2. The number of allylic oxidation sites excluding steroid dienone is 9. The third kappa shape index (κ3) is 50.1. The summed E-state index contributed by atoms with van der Waals surface area (Å²) in [6, 6.07) is -0.873. The van der Waals surface area contributed by atoms with Gasteiger partial charge >= 0.3 is 7.82 Å². The maximum absolute atomic E-state index is 13.0. The van der Waals surface area contributed by atoms with Crippen molar-refractivity contribution in [2.75, 3.05) is 40.9 Å². The number of likely N-dealkylation sites (N-methyl/N-ethyl adjacent to an activating group) is 1. The molecule has 0 fully saturated rings. The van der Waals surface area contributed by atoms with Crippen LogP contribution in [0.2, 0.25) is 0 Å². The Kier molecular flexibility index (Phi) is 46.9. The Balaban J connectivity index is 4.33. The van der Waals surface area contributed by atoms with Gasteiger partial charge in [0.25, 0.3) is 0 Å². The van der Waals surface area contributed by atoms with E-state index in [-0.39, 0.29) is 19.1 Å². The Morgan fingerprint density at radius 2 is 0.879 bits per heavy atom. The SMILES string of the molecule is CCCCCCC/C=C\C/C=C\CCCCCCCCCCCCCC(=O)NC(COP(=O)(O)OCC[N+](C)(C)C)C(O)/C=C/CC/C=C/CC/C=C/CCCCCCCCCCCCC. The van der Waals surface area contributed by atoms with Crippen molar-refractivity contribution in [1.29, 1.82) is 0 Å². The largest absolute Gasteiger partial charge is 0.472 e. The minimum absolute atomic E-state index is 0.0516. The average molecular weight is 948 g/mol. The Hall–Kier alpha value is -1.80. The average Bonchev–Trinajstić information content (AvgIpc) is 3.28. The van der Waals surface area contributed by atoms with E-state index in [1.54, 1.807) is 6.08 Å². The van der Waals surface area contributed by atoms with Crippen LogP contribution in [0, 0.1) is 0 Å². The second-order valence-electron chi connectivity index (χ2n) is 19.9. The molecule has 66 heavy (non-hydrogen) atoms. The molecule has 0 saturated carbocycles. The first-order chi connectivity index (χ1) is 32.0. The fraction of sp³-hybridized carbons (Fsp3) is 0.807. The number of quaternary nitrogens is 1. The minimum atomic E-state index is -4.36. The lowest BCUT2D eigenvalue weighted by molar-refractivity contribution is -0.870. The molecule has 3 unspecified atom stereocenters. The summed E-state index contributed by atoms with van der Waals surface area (Å²) >= 11 is 0. The fourth-order valence-corrected chi connectivity index (χ4v) is 8.55. The molecule has 3 N–H and O–H groups in total. The molecule has 0 aromatic heterocycles. The number of unbranched alkanes of at least 4 members (excludes halogenated alkanes) is 29. The zero-order valence-corrected chi connectivity index (χ0v) is 44.8. The molecular weight excluding hydrogens is 840 g/mol. The first kappa shape index (κ1) is 64.2. The maximum atomic E-state index is 13.0. The molecule has 3 atom stereocenters.